The lowest BCUT2D eigenvalue weighted by Gasteiger charge is -2.23. The number of carbonyl (C=O) groups excluding carboxylic acids is 1. The van der Waals surface area contributed by atoms with Crippen LogP contribution in [0.25, 0.3) is 5.52 Å². The van der Waals surface area contributed by atoms with Crippen molar-refractivity contribution in [2.45, 2.75) is 6.42 Å². The minimum atomic E-state index is -0.233. The van der Waals surface area contributed by atoms with Crippen LogP contribution in [0.2, 0.25) is 0 Å². The molecular weight excluding hydrogens is 319 g/mol. The maximum absolute atomic E-state index is 13.1. The summed E-state index contributed by atoms with van der Waals surface area (Å²) in [6, 6.07) is 12.2. The number of carbonyl (C=O) groups is 1. The minimum absolute atomic E-state index is 0.0159. The predicted molar refractivity (Wildman–Crippen MR) is 94.3 cm³/mol. The molecule has 25 heavy (non-hydrogen) atoms. The van der Waals surface area contributed by atoms with E-state index >= 15 is 0 Å². The van der Waals surface area contributed by atoms with Crippen LogP contribution < -0.4 is 4.90 Å². The van der Waals surface area contributed by atoms with Crippen LogP contribution in [0.1, 0.15) is 16.8 Å². The highest BCUT2D eigenvalue weighted by Gasteiger charge is 2.22. The fourth-order valence-corrected chi connectivity index (χ4v) is 3.30. The van der Waals surface area contributed by atoms with E-state index in [1.807, 2.05) is 29.3 Å². The number of halogens is 1. The number of benzene rings is 1. The quantitative estimate of drug-likeness (QED) is 0.721. The topological polar surface area (TPSA) is 40.9 Å². The van der Waals surface area contributed by atoms with Gasteiger partial charge in [0.2, 0.25) is 0 Å². The molecule has 0 radical (unpaired) electrons. The molecule has 0 aliphatic carbocycles. The first-order valence-electron chi connectivity index (χ1n) is 8.44. The first-order valence-corrected chi connectivity index (χ1v) is 8.44. The van der Waals surface area contributed by atoms with Gasteiger partial charge in [0.15, 0.2) is 0 Å². The standard InChI is InChI=1S/C19H19FN4O/c20-15-5-7-16(8-6-15)22-9-3-10-23(13-12-22)19(25)17-14-21-24-11-2-1-4-18(17)24/h1-2,4-8,11,14H,3,9-10,12-13H2. The van der Waals surface area contributed by atoms with Gasteiger partial charge < -0.3 is 9.80 Å². The van der Waals surface area contributed by atoms with Gasteiger partial charge in [-0.3, -0.25) is 4.79 Å². The van der Waals surface area contributed by atoms with Crippen molar-refractivity contribution in [1.82, 2.24) is 14.5 Å². The fourth-order valence-electron chi connectivity index (χ4n) is 3.30. The van der Waals surface area contributed by atoms with Gasteiger partial charge in [-0.2, -0.15) is 5.10 Å². The van der Waals surface area contributed by atoms with E-state index in [1.54, 1.807) is 22.8 Å². The molecule has 0 bridgehead atoms. The zero-order chi connectivity index (χ0) is 17.2. The Morgan fingerprint density at radius 3 is 2.68 bits per heavy atom. The molecule has 0 atom stereocenters. The Hall–Kier alpha value is -2.89. The highest BCUT2D eigenvalue weighted by Crippen LogP contribution is 2.19. The molecule has 1 fully saturated rings. The van der Waals surface area contributed by atoms with E-state index in [1.165, 1.54) is 12.1 Å². The molecule has 2 aromatic heterocycles. The van der Waals surface area contributed by atoms with Crippen LogP contribution in [0.5, 0.6) is 0 Å². The number of pyridine rings is 1. The maximum Gasteiger partial charge on any atom is 0.257 e. The van der Waals surface area contributed by atoms with Crippen LogP contribution in [-0.2, 0) is 0 Å². The van der Waals surface area contributed by atoms with Gasteiger partial charge in [0.1, 0.15) is 5.82 Å². The molecule has 3 heterocycles. The van der Waals surface area contributed by atoms with E-state index in [-0.39, 0.29) is 11.7 Å². The van der Waals surface area contributed by atoms with Gasteiger partial charge in [0, 0.05) is 38.1 Å². The summed E-state index contributed by atoms with van der Waals surface area (Å²) < 4.78 is 14.8. The first-order chi connectivity index (χ1) is 12.2. The molecule has 0 N–H and O–H groups in total. The highest BCUT2D eigenvalue weighted by atomic mass is 19.1. The fraction of sp³-hybridized carbons (Fsp3) is 0.263. The normalized spacial score (nSPS) is 15.4. The number of nitrogens with zero attached hydrogens (tertiary/aromatic N) is 4. The Balaban J connectivity index is 1.50. The number of hydrogen-bond donors (Lipinski definition) is 0. The second-order valence-electron chi connectivity index (χ2n) is 6.20. The Morgan fingerprint density at radius 2 is 1.84 bits per heavy atom. The van der Waals surface area contributed by atoms with Crippen LogP contribution in [0.15, 0.2) is 54.9 Å². The third-order valence-electron chi connectivity index (χ3n) is 4.63. The summed E-state index contributed by atoms with van der Waals surface area (Å²) in [5.74, 6) is -0.217. The zero-order valence-electron chi connectivity index (χ0n) is 13.8. The van der Waals surface area contributed by atoms with E-state index in [0.717, 1.165) is 30.7 Å². The van der Waals surface area contributed by atoms with Crippen molar-refractivity contribution >= 4 is 17.1 Å². The molecule has 0 saturated carbocycles. The first kappa shape index (κ1) is 15.6. The molecule has 128 valence electrons. The minimum Gasteiger partial charge on any atom is -0.370 e. The Kier molecular flexibility index (Phi) is 4.09. The molecule has 1 aliphatic rings. The summed E-state index contributed by atoms with van der Waals surface area (Å²) in [6.45, 7) is 2.93. The van der Waals surface area contributed by atoms with Crippen LogP contribution in [0.3, 0.4) is 0 Å². The van der Waals surface area contributed by atoms with E-state index in [4.69, 9.17) is 0 Å². The van der Waals surface area contributed by atoms with E-state index < -0.39 is 0 Å². The van der Waals surface area contributed by atoms with Crippen LogP contribution in [0, 0.1) is 5.82 Å². The third kappa shape index (κ3) is 3.07. The number of anilines is 1. The number of amides is 1. The Labute approximate surface area is 145 Å². The molecule has 1 aromatic carbocycles. The van der Waals surface area contributed by atoms with Gasteiger partial charge in [0.05, 0.1) is 17.3 Å². The van der Waals surface area contributed by atoms with E-state index in [0.29, 0.717) is 18.7 Å². The third-order valence-corrected chi connectivity index (χ3v) is 4.63. The second-order valence-corrected chi connectivity index (χ2v) is 6.20. The number of aromatic nitrogens is 2. The molecule has 0 unspecified atom stereocenters. The summed E-state index contributed by atoms with van der Waals surface area (Å²) in [6.07, 6.45) is 4.35. The molecular formula is C19H19FN4O. The molecule has 3 aromatic rings. The Morgan fingerprint density at radius 1 is 1.00 bits per heavy atom. The van der Waals surface area contributed by atoms with Crippen LogP contribution >= 0.6 is 0 Å². The van der Waals surface area contributed by atoms with Gasteiger partial charge in [-0.15, -0.1) is 0 Å². The van der Waals surface area contributed by atoms with E-state index in [9.17, 15) is 9.18 Å². The van der Waals surface area contributed by atoms with Gasteiger partial charge in [-0.1, -0.05) is 6.07 Å². The molecule has 0 spiro atoms. The van der Waals surface area contributed by atoms with Crippen molar-refractivity contribution in [3.63, 3.8) is 0 Å². The van der Waals surface area contributed by atoms with Gasteiger partial charge >= 0.3 is 0 Å². The Bertz CT molecular complexity index is 890. The predicted octanol–water partition coefficient (Wildman–Crippen LogP) is 2.83. The van der Waals surface area contributed by atoms with Crippen LogP contribution in [-0.4, -0.2) is 46.6 Å². The summed E-state index contributed by atoms with van der Waals surface area (Å²) in [7, 11) is 0. The summed E-state index contributed by atoms with van der Waals surface area (Å²) >= 11 is 0. The van der Waals surface area contributed by atoms with Crippen molar-refractivity contribution in [2.75, 3.05) is 31.1 Å². The average molecular weight is 338 g/mol. The van der Waals surface area contributed by atoms with Crippen molar-refractivity contribution in [2.24, 2.45) is 0 Å². The zero-order valence-corrected chi connectivity index (χ0v) is 13.8. The number of fused-ring (bicyclic) bond motifs is 1. The smallest absolute Gasteiger partial charge is 0.257 e. The van der Waals surface area contributed by atoms with Gasteiger partial charge in [-0.05, 0) is 42.8 Å². The van der Waals surface area contributed by atoms with Crippen molar-refractivity contribution in [1.29, 1.82) is 0 Å². The SMILES string of the molecule is O=C(c1cnn2ccccc12)N1CCCN(c2ccc(F)cc2)CC1. The lowest BCUT2D eigenvalue weighted by molar-refractivity contribution is 0.0769. The largest absolute Gasteiger partial charge is 0.370 e. The molecule has 6 heteroatoms. The monoisotopic (exact) mass is 338 g/mol. The molecule has 5 nitrogen and oxygen atoms in total. The highest BCUT2D eigenvalue weighted by molar-refractivity contribution is 6.00. The van der Waals surface area contributed by atoms with Crippen molar-refractivity contribution < 1.29 is 9.18 Å². The molecule has 1 aliphatic heterocycles. The molecule has 1 amide bonds. The lowest BCUT2D eigenvalue weighted by atomic mass is 10.2. The molecule has 4 rings (SSSR count). The van der Waals surface area contributed by atoms with Crippen molar-refractivity contribution in [3.8, 4) is 0 Å². The number of hydrogen-bond acceptors (Lipinski definition) is 3. The summed E-state index contributed by atoms with van der Waals surface area (Å²) in [5.41, 5.74) is 2.45. The van der Waals surface area contributed by atoms with Gasteiger partial charge in [-0.25, -0.2) is 8.91 Å². The van der Waals surface area contributed by atoms with Crippen LogP contribution in [0.4, 0.5) is 10.1 Å². The summed E-state index contributed by atoms with van der Waals surface area (Å²) in [5, 5.41) is 4.25. The number of rotatable bonds is 2. The van der Waals surface area contributed by atoms with E-state index in [2.05, 4.69) is 10.00 Å². The average Bonchev–Trinajstić information content (AvgIpc) is 2.91. The molecule has 1 saturated heterocycles. The van der Waals surface area contributed by atoms with Gasteiger partial charge in [0.25, 0.3) is 5.91 Å². The van der Waals surface area contributed by atoms with Crippen molar-refractivity contribution in [3.05, 3.63) is 66.2 Å². The summed E-state index contributed by atoms with van der Waals surface area (Å²) in [4.78, 5) is 17.0. The lowest BCUT2D eigenvalue weighted by Crippen LogP contribution is -2.35. The second kappa shape index (κ2) is 6.55. The maximum atomic E-state index is 13.1.